The van der Waals surface area contributed by atoms with Gasteiger partial charge in [-0.15, -0.1) is 11.3 Å². The molecule has 0 radical (unpaired) electrons. The first-order valence-electron chi connectivity index (χ1n) is 10.5. The highest BCUT2D eigenvalue weighted by Gasteiger charge is 2.32. The smallest absolute Gasteiger partial charge is 0.309 e. The first-order chi connectivity index (χ1) is 15.5. The predicted octanol–water partition coefficient (Wildman–Crippen LogP) is 4.62. The molecule has 1 fully saturated rings. The molecule has 0 atom stereocenters. The molecule has 0 aliphatic carbocycles. The number of carboxylic acid groups (broad SMARTS) is 1. The normalized spacial score (nSPS) is 14.5. The van der Waals surface area contributed by atoms with Crippen molar-refractivity contribution in [2.45, 2.75) is 26.3 Å². The molecule has 33 heavy (non-hydrogen) atoms. The Balaban J connectivity index is 0.000000555. The fourth-order valence-corrected chi connectivity index (χ4v) is 4.37. The minimum absolute atomic E-state index is 0.206. The lowest BCUT2D eigenvalue weighted by Crippen LogP contribution is -2.49. The number of hydrogen-bond donors (Lipinski definition) is 2. The monoisotopic (exact) mass is 488 g/mol. The van der Waals surface area contributed by atoms with Gasteiger partial charge in [0.2, 0.25) is 0 Å². The van der Waals surface area contributed by atoms with Gasteiger partial charge in [-0.3, -0.25) is 14.2 Å². The summed E-state index contributed by atoms with van der Waals surface area (Å²) in [5.74, 6) is -0.358. The largest absolute Gasteiger partial charge is 0.481 e. The molecular weight excluding hydrogens is 460 g/mol. The van der Waals surface area contributed by atoms with Crippen LogP contribution in [-0.4, -0.2) is 53.3 Å². The van der Waals surface area contributed by atoms with Crippen LogP contribution in [0.5, 0.6) is 0 Å². The van der Waals surface area contributed by atoms with Crippen molar-refractivity contribution in [2.75, 3.05) is 19.3 Å². The zero-order chi connectivity index (χ0) is 24.2. The van der Waals surface area contributed by atoms with E-state index in [1.807, 2.05) is 6.20 Å². The van der Waals surface area contributed by atoms with Crippen LogP contribution in [0.1, 0.15) is 30.9 Å². The third-order valence-electron chi connectivity index (χ3n) is 5.28. The molecule has 4 rings (SSSR count). The second kappa shape index (κ2) is 10.6. The summed E-state index contributed by atoms with van der Waals surface area (Å²) in [6.07, 6.45) is 2.66. The number of carbonyl (C=O) groups is 1. The van der Waals surface area contributed by atoms with E-state index in [0.717, 1.165) is 17.1 Å². The third kappa shape index (κ3) is 7.46. The van der Waals surface area contributed by atoms with Gasteiger partial charge in [-0.25, -0.2) is 4.98 Å². The average Bonchev–Trinajstić information content (AvgIpc) is 3.19. The Morgan fingerprint density at radius 1 is 1.09 bits per heavy atom. The van der Waals surface area contributed by atoms with Crippen molar-refractivity contribution >= 4 is 27.4 Å². The molecule has 0 saturated carbocycles. The first-order valence-corrected chi connectivity index (χ1v) is 13.2. The Bertz CT molecular complexity index is 1170. The molecule has 7 nitrogen and oxygen atoms in total. The van der Waals surface area contributed by atoms with Crippen molar-refractivity contribution in [1.29, 1.82) is 0 Å². The summed E-state index contributed by atoms with van der Waals surface area (Å²) in [6.45, 7) is 6.49. The van der Waals surface area contributed by atoms with Gasteiger partial charge in [-0.1, -0.05) is 62.4 Å². The molecule has 3 aromatic rings. The van der Waals surface area contributed by atoms with Crippen LogP contribution in [-0.2, 0) is 21.5 Å². The number of thiazole rings is 1. The summed E-state index contributed by atoms with van der Waals surface area (Å²) in [5.41, 5.74) is 4.87. The fourth-order valence-electron chi connectivity index (χ4n) is 3.44. The Morgan fingerprint density at radius 3 is 2.15 bits per heavy atom. The number of rotatable bonds is 6. The molecule has 1 aliphatic rings. The molecule has 1 saturated heterocycles. The second-order valence-corrected chi connectivity index (χ2v) is 11.0. The van der Waals surface area contributed by atoms with E-state index in [4.69, 9.17) is 9.66 Å². The Morgan fingerprint density at radius 2 is 1.64 bits per heavy atom. The van der Waals surface area contributed by atoms with Crippen molar-refractivity contribution in [3.05, 3.63) is 65.9 Å². The number of nitrogens with zero attached hydrogens (tertiary/aromatic N) is 2. The van der Waals surface area contributed by atoms with Crippen LogP contribution in [0.15, 0.2) is 54.7 Å². The Hall–Kier alpha value is -2.59. The van der Waals surface area contributed by atoms with Crippen molar-refractivity contribution in [3.8, 4) is 21.0 Å². The van der Waals surface area contributed by atoms with Gasteiger partial charge in [-0.2, -0.15) is 8.42 Å². The fraction of sp³-hybridized carbons (Fsp3) is 0.333. The molecule has 0 spiro atoms. The van der Waals surface area contributed by atoms with Crippen molar-refractivity contribution in [2.24, 2.45) is 5.92 Å². The van der Waals surface area contributed by atoms with Crippen LogP contribution in [0.25, 0.3) is 21.0 Å². The minimum Gasteiger partial charge on any atom is -0.481 e. The molecule has 176 valence electrons. The number of carboxylic acids is 1. The van der Waals surface area contributed by atoms with Crippen molar-refractivity contribution in [1.82, 2.24) is 9.88 Å². The van der Waals surface area contributed by atoms with E-state index in [2.05, 4.69) is 72.3 Å². The van der Waals surface area contributed by atoms with Gasteiger partial charge in [0, 0.05) is 31.4 Å². The van der Waals surface area contributed by atoms with E-state index in [1.54, 1.807) is 11.3 Å². The summed E-state index contributed by atoms with van der Waals surface area (Å²) < 4.78 is 25.9. The molecule has 2 N–H and O–H groups in total. The quantitative estimate of drug-likeness (QED) is 0.487. The first kappa shape index (κ1) is 25.0. The lowest BCUT2D eigenvalue weighted by Gasteiger charge is -2.36. The van der Waals surface area contributed by atoms with E-state index in [9.17, 15) is 13.2 Å². The number of likely N-dealkylation sites (tertiary alicyclic amines) is 1. The molecule has 2 aromatic carbocycles. The van der Waals surface area contributed by atoms with Crippen LogP contribution >= 0.6 is 11.3 Å². The van der Waals surface area contributed by atoms with Gasteiger partial charge in [0.05, 0.1) is 17.1 Å². The van der Waals surface area contributed by atoms with Crippen LogP contribution in [0, 0.1) is 5.92 Å². The summed E-state index contributed by atoms with van der Waals surface area (Å²) in [4.78, 5) is 18.8. The lowest BCUT2D eigenvalue weighted by atomic mass is 9.99. The maximum Gasteiger partial charge on any atom is 0.309 e. The number of hydrogen-bond acceptors (Lipinski definition) is 6. The molecule has 1 aliphatic heterocycles. The summed E-state index contributed by atoms with van der Waals surface area (Å²) >= 11 is 1.71. The number of aromatic nitrogens is 1. The van der Waals surface area contributed by atoms with Gasteiger partial charge in [0.15, 0.2) is 0 Å². The van der Waals surface area contributed by atoms with E-state index in [1.165, 1.54) is 21.6 Å². The number of aliphatic carboxylic acids is 1. The highest BCUT2D eigenvalue weighted by Crippen LogP contribution is 2.33. The van der Waals surface area contributed by atoms with Crippen LogP contribution in [0.2, 0.25) is 0 Å². The van der Waals surface area contributed by atoms with E-state index in [0.29, 0.717) is 25.3 Å². The van der Waals surface area contributed by atoms with E-state index in [-0.39, 0.29) is 5.92 Å². The maximum atomic E-state index is 10.9. The standard InChI is InChI=1S/C23H24N2O2S.CH4O3S/c1-15(2)17-7-9-18(10-8-17)21-11-24-22(28-21)19-5-3-16(4-6-19)12-25-13-20(14-25)23(26)27;1-5(2,3)4/h3-11,15,20H,12-14H2,1-2H3,(H,26,27);1H3,(H,2,3,4). The topological polar surface area (TPSA) is 108 Å². The molecular formula is C24H28N2O5S2. The molecule has 0 unspecified atom stereocenters. The summed E-state index contributed by atoms with van der Waals surface area (Å²) in [7, 11) is -3.67. The summed E-state index contributed by atoms with van der Waals surface area (Å²) in [5, 5.41) is 9.99. The van der Waals surface area contributed by atoms with Crippen LogP contribution in [0.4, 0.5) is 0 Å². The lowest BCUT2D eigenvalue weighted by molar-refractivity contribution is -0.147. The zero-order valence-electron chi connectivity index (χ0n) is 18.8. The zero-order valence-corrected chi connectivity index (χ0v) is 20.4. The molecule has 0 amide bonds. The molecule has 9 heteroatoms. The Kier molecular flexibility index (Phi) is 8.01. The maximum absolute atomic E-state index is 10.9. The SMILES string of the molecule is CC(C)c1ccc(-c2cnc(-c3ccc(CN4CC(C(=O)O)C4)cc3)s2)cc1.CS(=O)(=O)O. The predicted molar refractivity (Wildman–Crippen MR) is 131 cm³/mol. The van der Waals surface area contributed by atoms with E-state index < -0.39 is 16.1 Å². The van der Waals surface area contributed by atoms with E-state index >= 15 is 0 Å². The third-order valence-corrected chi connectivity index (χ3v) is 6.38. The van der Waals surface area contributed by atoms with Gasteiger partial charge < -0.3 is 5.11 Å². The highest BCUT2D eigenvalue weighted by atomic mass is 32.2. The molecule has 1 aromatic heterocycles. The molecule has 0 bridgehead atoms. The van der Waals surface area contributed by atoms with Crippen LogP contribution in [0.3, 0.4) is 0 Å². The van der Waals surface area contributed by atoms with Gasteiger partial charge in [0.25, 0.3) is 10.1 Å². The number of benzene rings is 2. The van der Waals surface area contributed by atoms with Gasteiger partial charge in [0.1, 0.15) is 5.01 Å². The second-order valence-electron chi connectivity index (χ2n) is 8.47. The Labute approximate surface area is 198 Å². The van der Waals surface area contributed by atoms with Crippen LogP contribution < -0.4 is 0 Å². The average molecular weight is 489 g/mol. The van der Waals surface area contributed by atoms with Gasteiger partial charge >= 0.3 is 5.97 Å². The molecule has 2 heterocycles. The van der Waals surface area contributed by atoms with Gasteiger partial charge in [-0.05, 0) is 22.6 Å². The highest BCUT2D eigenvalue weighted by molar-refractivity contribution is 7.85. The van der Waals surface area contributed by atoms with Crippen molar-refractivity contribution < 1.29 is 22.9 Å². The minimum atomic E-state index is -3.67. The summed E-state index contributed by atoms with van der Waals surface area (Å²) in [6, 6.07) is 17.2. The van der Waals surface area contributed by atoms with Crippen molar-refractivity contribution in [3.63, 3.8) is 0 Å².